The summed E-state index contributed by atoms with van der Waals surface area (Å²) in [6.45, 7) is 3.12. The van der Waals surface area contributed by atoms with Gasteiger partial charge in [0.25, 0.3) is 5.91 Å². The van der Waals surface area contributed by atoms with Gasteiger partial charge in [-0.15, -0.1) is 0 Å². The summed E-state index contributed by atoms with van der Waals surface area (Å²) >= 11 is 0. The van der Waals surface area contributed by atoms with Gasteiger partial charge in [0.05, 0.1) is 16.9 Å². The molecular formula is C12H16N4O2. The molecule has 0 bridgehead atoms. The Morgan fingerprint density at radius 3 is 2.78 bits per heavy atom. The standard InChI is InChI=1S/C12H16N4O2/c1-7(11(13)17)16-12(18)8-3-2-4-9-10(8)15-6-5-14-9/h2-4,7,14-15H,5-6H2,1H3,(H2,13,17)(H,16,18). The smallest absolute Gasteiger partial charge is 0.254 e. The molecule has 6 heteroatoms. The molecule has 0 aromatic heterocycles. The fraction of sp³-hybridized carbons (Fsp3) is 0.333. The monoisotopic (exact) mass is 248 g/mol. The molecule has 1 atom stereocenters. The van der Waals surface area contributed by atoms with Gasteiger partial charge in [0, 0.05) is 13.1 Å². The maximum absolute atomic E-state index is 12.0. The number of hydrogen-bond acceptors (Lipinski definition) is 4. The first-order valence-electron chi connectivity index (χ1n) is 5.80. The number of rotatable bonds is 3. The van der Waals surface area contributed by atoms with E-state index in [2.05, 4.69) is 16.0 Å². The first-order chi connectivity index (χ1) is 8.59. The molecule has 0 aliphatic carbocycles. The normalized spacial score (nSPS) is 14.7. The van der Waals surface area contributed by atoms with Crippen molar-refractivity contribution in [1.82, 2.24) is 5.32 Å². The van der Waals surface area contributed by atoms with Crippen LogP contribution in [-0.2, 0) is 4.79 Å². The number of primary amides is 1. The predicted molar refractivity (Wildman–Crippen MR) is 69.5 cm³/mol. The van der Waals surface area contributed by atoms with Crippen LogP contribution in [0.25, 0.3) is 0 Å². The van der Waals surface area contributed by atoms with E-state index < -0.39 is 11.9 Å². The van der Waals surface area contributed by atoms with Crippen LogP contribution < -0.4 is 21.7 Å². The fourth-order valence-electron chi connectivity index (χ4n) is 1.81. The topological polar surface area (TPSA) is 96.2 Å². The van der Waals surface area contributed by atoms with E-state index in [0.29, 0.717) is 5.56 Å². The van der Waals surface area contributed by atoms with E-state index in [1.54, 1.807) is 19.1 Å². The van der Waals surface area contributed by atoms with Crippen molar-refractivity contribution in [3.05, 3.63) is 23.8 Å². The maximum Gasteiger partial charge on any atom is 0.254 e. The number of nitrogens with two attached hydrogens (primary N) is 1. The van der Waals surface area contributed by atoms with Gasteiger partial charge in [0.1, 0.15) is 6.04 Å². The number of fused-ring (bicyclic) bond motifs is 1. The Balaban J connectivity index is 2.23. The maximum atomic E-state index is 12.0. The number of para-hydroxylation sites is 1. The lowest BCUT2D eigenvalue weighted by molar-refractivity contribution is -0.119. The molecule has 1 aliphatic heterocycles. The minimum absolute atomic E-state index is 0.311. The second-order valence-electron chi connectivity index (χ2n) is 4.18. The van der Waals surface area contributed by atoms with Crippen molar-refractivity contribution < 1.29 is 9.59 Å². The van der Waals surface area contributed by atoms with Crippen LogP contribution in [0.4, 0.5) is 11.4 Å². The number of anilines is 2. The van der Waals surface area contributed by atoms with Crippen molar-refractivity contribution >= 4 is 23.2 Å². The van der Waals surface area contributed by atoms with Crippen LogP contribution in [0.5, 0.6) is 0 Å². The molecule has 0 spiro atoms. The average Bonchev–Trinajstić information content (AvgIpc) is 2.37. The lowest BCUT2D eigenvalue weighted by atomic mass is 10.1. The van der Waals surface area contributed by atoms with Crippen molar-refractivity contribution in [2.75, 3.05) is 23.7 Å². The second kappa shape index (κ2) is 4.95. The Labute approximate surface area is 105 Å². The highest BCUT2D eigenvalue weighted by molar-refractivity contribution is 6.04. The third kappa shape index (κ3) is 2.37. The molecule has 1 aromatic carbocycles. The van der Waals surface area contributed by atoms with Crippen molar-refractivity contribution in [2.24, 2.45) is 5.73 Å². The number of carbonyl (C=O) groups is 2. The zero-order chi connectivity index (χ0) is 13.1. The Morgan fingerprint density at radius 1 is 1.33 bits per heavy atom. The summed E-state index contributed by atoms with van der Waals surface area (Å²) in [7, 11) is 0. The summed E-state index contributed by atoms with van der Waals surface area (Å²) in [5.41, 5.74) is 7.28. The summed E-state index contributed by atoms with van der Waals surface area (Å²) in [6, 6.07) is 4.71. The van der Waals surface area contributed by atoms with E-state index in [-0.39, 0.29) is 5.91 Å². The van der Waals surface area contributed by atoms with Gasteiger partial charge in [-0.1, -0.05) is 6.07 Å². The third-order valence-electron chi connectivity index (χ3n) is 2.83. The highest BCUT2D eigenvalue weighted by Crippen LogP contribution is 2.28. The third-order valence-corrected chi connectivity index (χ3v) is 2.83. The molecule has 0 saturated heterocycles. The minimum atomic E-state index is -0.690. The first-order valence-corrected chi connectivity index (χ1v) is 5.80. The van der Waals surface area contributed by atoms with Crippen molar-refractivity contribution in [3.63, 3.8) is 0 Å². The molecule has 1 unspecified atom stereocenters. The van der Waals surface area contributed by atoms with E-state index in [4.69, 9.17) is 5.73 Å². The number of benzene rings is 1. The summed E-state index contributed by atoms with van der Waals surface area (Å²) in [4.78, 5) is 23.0. The molecule has 0 saturated carbocycles. The molecule has 0 radical (unpaired) electrons. The van der Waals surface area contributed by atoms with Gasteiger partial charge in [-0.3, -0.25) is 9.59 Å². The molecular weight excluding hydrogens is 232 g/mol. The molecule has 2 amide bonds. The summed E-state index contributed by atoms with van der Waals surface area (Å²) in [5, 5.41) is 8.94. The number of hydrogen-bond donors (Lipinski definition) is 4. The number of amides is 2. The molecule has 1 aromatic rings. The first kappa shape index (κ1) is 12.2. The van der Waals surface area contributed by atoms with Crippen LogP contribution in [0.2, 0.25) is 0 Å². The SMILES string of the molecule is CC(NC(=O)c1cccc2c1NCCN2)C(N)=O. The van der Waals surface area contributed by atoms with Crippen LogP contribution in [-0.4, -0.2) is 30.9 Å². The molecule has 1 aliphatic rings. The van der Waals surface area contributed by atoms with Crippen LogP contribution in [0, 0.1) is 0 Å². The fourth-order valence-corrected chi connectivity index (χ4v) is 1.81. The quantitative estimate of drug-likeness (QED) is 0.611. The van der Waals surface area contributed by atoms with Crippen molar-refractivity contribution in [1.29, 1.82) is 0 Å². The highest BCUT2D eigenvalue weighted by atomic mass is 16.2. The van der Waals surface area contributed by atoms with Gasteiger partial charge in [0.2, 0.25) is 5.91 Å². The number of nitrogens with one attached hydrogen (secondary N) is 3. The average molecular weight is 248 g/mol. The van der Waals surface area contributed by atoms with Gasteiger partial charge in [-0.2, -0.15) is 0 Å². The molecule has 96 valence electrons. The molecule has 6 nitrogen and oxygen atoms in total. The Hall–Kier alpha value is -2.24. The summed E-state index contributed by atoms with van der Waals surface area (Å²) in [6.07, 6.45) is 0. The highest BCUT2D eigenvalue weighted by Gasteiger charge is 2.19. The minimum Gasteiger partial charge on any atom is -0.382 e. The van der Waals surface area contributed by atoms with Crippen LogP contribution in [0.3, 0.4) is 0 Å². The van der Waals surface area contributed by atoms with E-state index in [1.165, 1.54) is 0 Å². The van der Waals surface area contributed by atoms with Crippen molar-refractivity contribution in [3.8, 4) is 0 Å². The van der Waals surface area contributed by atoms with Crippen molar-refractivity contribution in [2.45, 2.75) is 13.0 Å². The van der Waals surface area contributed by atoms with E-state index >= 15 is 0 Å². The molecule has 2 rings (SSSR count). The molecule has 18 heavy (non-hydrogen) atoms. The Morgan fingerprint density at radius 2 is 2.06 bits per heavy atom. The molecule has 5 N–H and O–H groups in total. The van der Waals surface area contributed by atoms with Gasteiger partial charge in [-0.05, 0) is 19.1 Å². The van der Waals surface area contributed by atoms with Crippen LogP contribution >= 0.6 is 0 Å². The van der Waals surface area contributed by atoms with Crippen LogP contribution in [0.15, 0.2) is 18.2 Å². The predicted octanol–water partition coefficient (Wildman–Crippen LogP) is 0.128. The van der Waals surface area contributed by atoms with Gasteiger partial charge in [0.15, 0.2) is 0 Å². The lowest BCUT2D eigenvalue weighted by Crippen LogP contribution is -2.42. The van der Waals surface area contributed by atoms with E-state index in [9.17, 15) is 9.59 Å². The van der Waals surface area contributed by atoms with E-state index in [1.807, 2.05) is 6.07 Å². The Kier molecular flexibility index (Phi) is 3.36. The second-order valence-corrected chi connectivity index (χ2v) is 4.18. The summed E-state index contributed by atoms with van der Waals surface area (Å²) in [5.74, 6) is -0.867. The van der Waals surface area contributed by atoms with Gasteiger partial charge in [-0.25, -0.2) is 0 Å². The molecule has 1 heterocycles. The van der Waals surface area contributed by atoms with Crippen LogP contribution in [0.1, 0.15) is 17.3 Å². The van der Waals surface area contributed by atoms with Gasteiger partial charge >= 0.3 is 0 Å². The zero-order valence-corrected chi connectivity index (χ0v) is 10.1. The largest absolute Gasteiger partial charge is 0.382 e. The summed E-state index contributed by atoms with van der Waals surface area (Å²) < 4.78 is 0. The zero-order valence-electron chi connectivity index (χ0n) is 10.1. The van der Waals surface area contributed by atoms with E-state index in [0.717, 1.165) is 24.5 Å². The lowest BCUT2D eigenvalue weighted by Gasteiger charge is -2.22. The molecule has 0 fully saturated rings. The number of carbonyl (C=O) groups excluding carboxylic acids is 2. The Bertz CT molecular complexity index is 487. The van der Waals surface area contributed by atoms with Gasteiger partial charge < -0.3 is 21.7 Å².